The average molecular weight is 370 g/mol. The van der Waals surface area contributed by atoms with E-state index in [1.54, 1.807) is 48.1 Å². The van der Waals surface area contributed by atoms with E-state index in [0.29, 0.717) is 10.7 Å². The van der Waals surface area contributed by atoms with E-state index < -0.39 is 0 Å². The van der Waals surface area contributed by atoms with Gasteiger partial charge in [-0.1, -0.05) is 35.9 Å². The molecule has 1 aromatic heterocycles. The van der Waals surface area contributed by atoms with Crippen LogP contribution in [-0.2, 0) is 0 Å². The number of methoxy groups -OCH3 is 1. The van der Waals surface area contributed by atoms with Gasteiger partial charge in [0.2, 0.25) is 0 Å². The van der Waals surface area contributed by atoms with Gasteiger partial charge in [0, 0.05) is 23.8 Å². The fraction of sp³-hybridized carbons (Fsp3) is 0.200. The minimum atomic E-state index is -0.163. The van der Waals surface area contributed by atoms with Gasteiger partial charge >= 0.3 is 0 Å². The van der Waals surface area contributed by atoms with Crippen LogP contribution in [0.2, 0.25) is 5.02 Å². The van der Waals surface area contributed by atoms with Crippen LogP contribution in [0.5, 0.6) is 5.75 Å². The van der Waals surface area contributed by atoms with E-state index in [4.69, 9.17) is 16.3 Å². The highest BCUT2D eigenvalue weighted by Crippen LogP contribution is 2.28. The van der Waals surface area contributed by atoms with E-state index in [1.807, 2.05) is 43.3 Å². The van der Waals surface area contributed by atoms with Crippen molar-refractivity contribution in [2.45, 2.75) is 13.0 Å². The molecule has 5 nitrogen and oxygen atoms in total. The highest BCUT2D eigenvalue weighted by atomic mass is 35.5. The summed E-state index contributed by atoms with van der Waals surface area (Å²) in [6.07, 6.45) is 1.75. The lowest BCUT2D eigenvalue weighted by Crippen LogP contribution is -2.30. The maximum Gasteiger partial charge on any atom is 0.274 e. The molecule has 26 heavy (non-hydrogen) atoms. The Balaban J connectivity index is 1.83. The van der Waals surface area contributed by atoms with Crippen molar-refractivity contribution in [1.82, 2.24) is 14.7 Å². The van der Waals surface area contributed by atoms with Crippen molar-refractivity contribution in [2.24, 2.45) is 0 Å². The minimum Gasteiger partial charge on any atom is -0.496 e. The molecule has 0 saturated heterocycles. The Morgan fingerprint density at radius 3 is 2.69 bits per heavy atom. The first-order valence-corrected chi connectivity index (χ1v) is 8.60. The second kappa shape index (κ2) is 7.62. The van der Waals surface area contributed by atoms with Crippen LogP contribution in [0, 0.1) is 0 Å². The molecule has 0 bridgehead atoms. The molecule has 0 spiro atoms. The summed E-state index contributed by atoms with van der Waals surface area (Å²) < 4.78 is 7.04. The standard InChI is InChI=1S/C20H20ClN3O2/c1-14(17-9-4-5-10-19(17)26-3)23(2)20(25)18-11-12-24(22-18)16-8-6-7-15(21)13-16/h4-14H,1-3H3. The van der Waals surface area contributed by atoms with Crippen LogP contribution >= 0.6 is 11.6 Å². The number of ether oxygens (including phenoxy) is 1. The SMILES string of the molecule is COc1ccccc1C(C)N(C)C(=O)c1ccn(-c2cccc(Cl)c2)n1. The molecule has 6 heteroatoms. The molecule has 1 amide bonds. The van der Waals surface area contributed by atoms with Gasteiger partial charge in [0.25, 0.3) is 5.91 Å². The van der Waals surface area contributed by atoms with Gasteiger partial charge in [-0.2, -0.15) is 5.10 Å². The number of rotatable bonds is 5. The number of aromatic nitrogens is 2. The number of carbonyl (C=O) groups excluding carboxylic acids is 1. The third kappa shape index (κ3) is 3.58. The summed E-state index contributed by atoms with van der Waals surface area (Å²) in [6, 6.07) is 16.5. The van der Waals surface area contributed by atoms with Gasteiger partial charge in [0.1, 0.15) is 5.75 Å². The number of benzene rings is 2. The Bertz CT molecular complexity index is 923. The first-order valence-electron chi connectivity index (χ1n) is 8.23. The van der Waals surface area contributed by atoms with Crippen molar-refractivity contribution >= 4 is 17.5 Å². The summed E-state index contributed by atoms with van der Waals surface area (Å²) in [7, 11) is 3.39. The van der Waals surface area contributed by atoms with Gasteiger partial charge in [-0.25, -0.2) is 4.68 Å². The van der Waals surface area contributed by atoms with Crippen molar-refractivity contribution < 1.29 is 9.53 Å². The Kier molecular flexibility index (Phi) is 5.28. The number of hydrogen-bond acceptors (Lipinski definition) is 3. The number of para-hydroxylation sites is 1. The van der Waals surface area contributed by atoms with Gasteiger partial charge in [-0.05, 0) is 37.3 Å². The molecule has 0 aliphatic rings. The van der Waals surface area contributed by atoms with Gasteiger partial charge in [0.15, 0.2) is 5.69 Å². The monoisotopic (exact) mass is 369 g/mol. The highest BCUT2D eigenvalue weighted by Gasteiger charge is 2.23. The molecule has 1 heterocycles. The predicted molar refractivity (Wildman–Crippen MR) is 102 cm³/mol. The summed E-state index contributed by atoms with van der Waals surface area (Å²) in [6.45, 7) is 1.96. The summed E-state index contributed by atoms with van der Waals surface area (Å²) in [5, 5.41) is 5.02. The lowest BCUT2D eigenvalue weighted by molar-refractivity contribution is 0.0734. The molecule has 0 N–H and O–H groups in total. The summed E-state index contributed by atoms with van der Waals surface area (Å²) in [5.41, 5.74) is 2.12. The summed E-state index contributed by atoms with van der Waals surface area (Å²) in [5.74, 6) is 0.591. The molecule has 2 aromatic carbocycles. The maximum absolute atomic E-state index is 12.9. The van der Waals surface area contributed by atoms with Gasteiger partial charge in [-0.3, -0.25) is 4.79 Å². The van der Waals surface area contributed by atoms with Gasteiger partial charge in [-0.15, -0.1) is 0 Å². The summed E-state index contributed by atoms with van der Waals surface area (Å²) >= 11 is 6.02. The molecule has 3 rings (SSSR count). The lowest BCUT2D eigenvalue weighted by Gasteiger charge is -2.25. The van der Waals surface area contributed by atoms with Crippen molar-refractivity contribution in [3.63, 3.8) is 0 Å². The normalized spacial score (nSPS) is 11.8. The van der Waals surface area contributed by atoms with E-state index in [9.17, 15) is 4.79 Å². The largest absolute Gasteiger partial charge is 0.496 e. The van der Waals surface area contributed by atoms with Crippen LogP contribution in [0.25, 0.3) is 5.69 Å². The fourth-order valence-corrected chi connectivity index (χ4v) is 2.96. The van der Waals surface area contributed by atoms with E-state index >= 15 is 0 Å². The number of hydrogen-bond donors (Lipinski definition) is 0. The zero-order valence-electron chi connectivity index (χ0n) is 14.9. The quantitative estimate of drug-likeness (QED) is 0.671. The Morgan fingerprint density at radius 2 is 1.96 bits per heavy atom. The van der Waals surface area contributed by atoms with Crippen LogP contribution in [-0.4, -0.2) is 34.7 Å². The Labute approximate surface area is 157 Å². The third-order valence-corrected chi connectivity index (χ3v) is 4.61. The van der Waals surface area contributed by atoms with Crippen LogP contribution in [0.1, 0.15) is 29.0 Å². The number of halogens is 1. The summed E-state index contributed by atoms with van der Waals surface area (Å²) in [4.78, 5) is 14.5. The second-order valence-corrected chi connectivity index (χ2v) is 6.40. The van der Waals surface area contributed by atoms with E-state index in [0.717, 1.165) is 17.0 Å². The smallest absolute Gasteiger partial charge is 0.274 e. The average Bonchev–Trinajstić information content (AvgIpc) is 3.16. The van der Waals surface area contributed by atoms with E-state index in [-0.39, 0.29) is 11.9 Å². The van der Waals surface area contributed by atoms with E-state index in [1.165, 1.54) is 0 Å². The molecule has 1 unspecified atom stereocenters. The molecule has 3 aromatic rings. The van der Waals surface area contributed by atoms with E-state index in [2.05, 4.69) is 5.10 Å². The molecule has 1 atom stereocenters. The lowest BCUT2D eigenvalue weighted by atomic mass is 10.1. The topological polar surface area (TPSA) is 47.4 Å². The first kappa shape index (κ1) is 18.0. The molecule has 0 saturated carbocycles. The molecular weight excluding hydrogens is 350 g/mol. The zero-order valence-corrected chi connectivity index (χ0v) is 15.6. The molecular formula is C20H20ClN3O2. The maximum atomic E-state index is 12.9. The molecule has 0 radical (unpaired) electrons. The third-order valence-electron chi connectivity index (χ3n) is 4.37. The Morgan fingerprint density at radius 1 is 1.19 bits per heavy atom. The minimum absolute atomic E-state index is 0.157. The number of nitrogens with zero attached hydrogens (tertiary/aromatic N) is 3. The number of amides is 1. The molecule has 0 fully saturated rings. The van der Waals surface area contributed by atoms with Crippen molar-refractivity contribution in [1.29, 1.82) is 0 Å². The predicted octanol–water partition coefficient (Wildman–Crippen LogP) is 4.37. The second-order valence-electron chi connectivity index (χ2n) is 5.96. The van der Waals surface area contributed by atoms with Gasteiger partial charge in [0.05, 0.1) is 18.8 Å². The molecule has 0 aliphatic carbocycles. The van der Waals surface area contributed by atoms with Gasteiger partial charge < -0.3 is 9.64 Å². The van der Waals surface area contributed by atoms with Crippen molar-refractivity contribution in [3.8, 4) is 11.4 Å². The first-order chi connectivity index (χ1) is 12.5. The fourth-order valence-electron chi connectivity index (χ4n) is 2.78. The van der Waals surface area contributed by atoms with Crippen molar-refractivity contribution in [2.75, 3.05) is 14.2 Å². The van der Waals surface area contributed by atoms with Crippen molar-refractivity contribution in [3.05, 3.63) is 77.1 Å². The van der Waals surface area contributed by atoms with Crippen LogP contribution in [0.15, 0.2) is 60.8 Å². The molecule has 134 valence electrons. The molecule has 0 aliphatic heterocycles. The van der Waals surface area contributed by atoms with Crippen LogP contribution < -0.4 is 4.74 Å². The number of carbonyl (C=O) groups is 1. The highest BCUT2D eigenvalue weighted by molar-refractivity contribution is 6.30. The Hall–Kier alpha value is -2.79. The van der Waals surface area contributed by atoms with Crippen LogP contribution in [0.3, 0.4) is 0 Å². The zero-order chi connectivity index (χ0) is 18.7. The van der Waals surface area contributed by atoms with Crippen LogP contribution in [0.4, 0.5) is 0 Å².